The number of aromatic hydroxyl groups is 1. The molecule has 5 aromatic rings. The zero-order valence-electron chi connectivity index (χ0n) is 23.9. The molecule has 0 aliphatic heterocycles. The van der Waals surface area contributed by atoms with Crippen molar-refractivity contribution in [1.82, 2.24) is 4.98 Å². The molecule has 0 saturated carbocycles. The highest BCUT2D eigenvalue weighted by atomic mass is 16.5. The number of nitrogens with zero attached hydrogens (tertiary/aromatic N) is 1. The number of phenolic OH excluding ortho intramolecular Hbond substituents is 1. The highest BCUT2D eigenvalue weighted by molar-refractivity contribution is 5.95. The SMILES string of the molecule is O=C(OCCCCCCCCCOc1ccc(/C=C/c2ccc3ccccc3n2)cc1)c1ccc2cc(O)ccc2c1. The second kappa shape index (κ2) is 14.8. The first kappa shape index (κ1) is 28.9. The van der Waals surface area contributed by atoms with Crippen LogP contribution in [0, 0.1) is 0 Å². The van der Waals surface area contributed by atoms with Gasteiger partial charge in [-0.05, 0) is 83.8 Å². The van der Waals surface area contributed by atoms with E-state index in [1.165, 1.54) is 12.8 Å². The van der Waals surface area contributed by atoms with Gasteiger partial charge in [0.2, 0.25) is 0 Å². The van der Waals surface area contributed by atoms with E-state index in [2.05, 4.69) is 35.3 Å². The number of aromatic nitrogens is 1. The molecule has 42 heavy (non-hydrogen) atoms. The number of hydrogen-bond donors (Lipinski definition) is 1. The standard InChI is InChI=1S/C37H37NO4/c39-34-21-18-30-26-32(16-15-31(30)27-34)37(40)42-25-9-5-3-1-2-4-8-24-41-35-22-13-28(14-23-35)12-19-33-20-17-29-10-6-7-11-36(29)38-33/h6-7,10-23,26-27,39H,1-5,8-9,24-25H2/b19-12+. The molecule has 0 amide bonds. The van der Waals surface area contributed by atoms with Crippen molar-refractivity contribution in [1.29, 1.82) is 0 Å². The summed E-state index contributed by atoms with van der Waals surface area (Å²) in [5.41, 5.74) is 3.60. The first-order valence-electron chi connectivity index (χ1n) is 14.8. The van der Waals surface area contributed by atoms with E-state index in [0.29, 0.717) is 12.2 Å². The number of esters is 1. The van der Waals surface area contributed by atoms with Crippen molar-refractivity contribution in [2.75, 3.05) is 13.2 Å². The number of fused-ring (bicyclic) bond motifs is 2. The van der Waals surface area contributed by atoms with Gasteiger partial charge in [0.15, 0.2) is 0 Å². The lowest BCUT2D eigenvalue weighted by Crippen LogP contribution is -2.06. The minimum atomic E-state index is -0.297. The maximum Gasteiger partial charge on any atom is 0.338 e. The lowest BCUT2D eigenvalue weighted by atomic mass is 10.1. The number of pyridine rings is 1. The molecule has 1 N–H and O–H groups in total. The Labute approximate surface area is 247 Å². The molecule has 0 bridgehead atoms. The highest BCUT2D eigenvalue weighted by Gasteiger charge is 2.08. The number of benzene rings is 4. The molecule has 0 unspecified atom stereocenters. The summed E-state index contributed by atoms with van der Waals surface area (Å²) in [5.74, 6) is 0.816. The molecule has 0 aliphatic carbocycles. The van der Waals surface area contributed by atoms with E-state index >= 15 is 0 Å². The van der Waals surface area contributed by atoms with Crippen LogP contribution in [0.25, 0.3) is 33.8 Å². The van der Waals surface area contributed by atoms with Crippen LogP contribution < -0.4 is 4.74 Å². The summed E-state index contributed by atoms with van der Waals surface area (Å²) in [6.07, 6.45) is 11.7. The quantitative estimate of drug-likeness (QED) is 0.108. The lowest BCUT2D eigenvalue weighted by molar-refractivity contribution is 0.0498. The third-order valence-electron chi connectivity index (χ3n) is 7.30. The van der Waals surface area contributed by atoms with Crippen molar-refractivity contribution in [3.8, 4) is 11.5 Å². The number of phenols is 1. The molecule has 214 valence electrons. The third kappa shape index (κ3) is 8.43. The maximum atomic E-state index is 12.3. The number of rotatable bonds is 14. The van der Waals surface area contributed by atoms with Gasteiger partial charge in [0.05, 0.1) is 30.0 Å². The fourth-order valence-corrected chi connectivity index (χ4v) is 4.92. The Kier molecular flexibility index (Phi) is 10.2. The minimum Gasteiger partial charge on any atom is -0.508 e. The molecule has 0 atom stereocenters. The van der Waals surface area contributed by atoms with Gasteiger partial charge in [0.1, 0.15) is 11.5 Å². The molecule has 1 heterocycles. The predicted molar refractivity (Wildman–Crippen MR) is 171 cm³/mol. The van der Waals surface area contributed by atoms with Gasteiger partial charge in [0.25, 0.3) is 0 Å². The first-order chi connectivity index (χ1) is 20.6. The summed E-state index contributed by atoms with van der Waals surface area (Å²) in [7, 11) is 0. The lowest BCUT2D eigenvalue weighted by Gasteiger charge is -2.07. The molecular weight excluding hydrogens is 522 g/mol. The largest absolute Gasteiger partial charge is 0.508 e. The van der Waals surface area contributed by atoms with Crippen LogP contribution in [0.4, 0.5) is 0 Å². The Morgan fingerprint density at radius 1 is 0.667 bits per heavy atom. The molecule has 1 aromatic heterocycles. The van der Waals surface area contributed by atoms with Crippen molar-refractivity contribution in [2.24, 2.45) is 0 Å². The number of ether oxygens (including phenoxy) is 2. The van der Waals surface area contributed by atoms with Crippen LogP contribution in [-0.2, 0) is 4.74 Å². The summed E-state index contributed by atoms with van der Waals surface area (Å²) in [6.45, 7) is 1.16. The smallest absolute Gasteiger partial charge is 0.338 e. The van der Waals surface area contributed by atoms with Gasteiger partial charge in [0, 0.05) is 5.39 Å². The molecule has 5 heteroatoms. The van der Waals surface area contributed by atoms with Crippen molar-refractivity contribution >= 4 is 39.8 Å². The zero-order valence-corrected chi connectivity index (χ0v) is 23.9. The van der Waals surface area contributed by atoms with E-state index < -0.39 is 0 Å². The van der Waals surface area contributed by atoms with Crippen LogP contribution in [0.2, 0.25) is 0 Å². The van der Waals surface area contributed by atoms with Crippen LogP contribution in [0.15, 0.2) is 97.1 Å². The monoisotopic (exact) mass is 559 g/mol. The number of carbonyl (C=O) groups is 1. The van der Waals surface area contributed by atoms with Crippen molar-refractivity contribution < 1.29 is 19.4 Å². The van der Waals surface area contributed by atoms with Crippen molar-refractivity contribution in [3.63, 3.8) is 0 Å². The average Bonchev–Trinajstić information content (AvgIpc) is 3.02. The van der Waals surface area contributed by atoms with Crippen LogP contribution in [-0.4, -0.2) is 29.3 Å². The summed E-state index contributed by atoms with van der Waals surface area (Å²) >= 11 is 0. The molecule has 5 rings (SSSR count). The van der Waals surface area contributed by atoms with Gasteiger partial charge in [-0.1, -0.05) is 86.7 Å². The minimum absolute atomic E-state index is 0.216. The second-order valence-electron chi connectivity index (χ2n) is 10.5. The first-order valence-corrected chi connectivity index (χ1v) is 14.8. The van der Waals surface area contributed by atoms with Gasteiger partial charge in [-0.2, -0.15) is 0 Å². The molecule has 5 nitrogen and oxygen atoms in total. The number of hydrogen-bond acceptors (Lipinski definition) is 5. The Balaban J connectivity index is 0.897. The number of para-hydroxylation sites is 1. The maximum absolute atomic E-state index is 12.3. The van der Waals surface area contributed by atoms with E-state index in [0.717, 1.165) is 77.4 Å². The van der Waals surface area contributed by atoms with Crippen LogP contribution in [0.1, 0.15) is 66.6 Å². The molecule has 0 spiro atoms. The highest BCUT2D eigenvalue weighted by Crippen LogP contribution is 2.22. The van der Waals surface area contributed by atoms with Crippen LogP contribution >= 0.6 is 0 Å². The van der Waals surface area contributed by atoms with Gasteiger partial charge in [-0.25, -0.2) is 9.78 Å². The Bertz CT molecular complexity index is 1640. The Hall–Kier alpha value is -4.64. The van der Waals surface area contributed by atoms with Gasteiger partial charge >= 0.3 is 5.97 Å². The van der Waals surface area contributed by atoms with E-state index in [4.69, 9.17) is 9.47 Å². The summed E-state index contributed by atoms with van der Waals surface area (Å²) in [5, 5.41) is 12.5. The Morgan fingerprint density at radius 3 is 2.19 bits per heavy atom. The fourth-order valence-electron chi connectivity index (χ4n) is 4.92. The molecule has 0 fully saturated rings. The van der Waals surface area contributed by atoms with E-state index in [1.54, 1.807) is 30.3 Å². The number of unbranched alkanes of at least 4 members (excludes halogenated alkanes) is 6. The third-order valence-corrected chi connectivity index (χ3v) is 7.30. The summed E-state index contributed by atoms with van der Waals surface area (Å²) < 4.78 is 11.4. The van der Waals surface area contributed by atoms with Crippen molar-refractivity contribution in [3.05, 3.63) is 114 Å². The molecule has 0 saturated heterocycles. The average molecular weight is 560 g/mol. The van der Waals surface area contributed by atoms with Crippen LogP contribution in [0.3, 0.4) is 0 Å². The van der Waals surface area contributed by atoms with Gasteiger partial charge in [-0.15, -0.1) is 0 Å². The molecule has 0 radical (unpaired) electrons. The van der Waals surface area contributed by atoms with Crippen LogP contribution in [0.5, 0.6) is 11.5 Å². The predicted octanol–water partition coefficient (Wildman–Crippen LogP) is 9.23. The summed E-state index contributed by atoms with van der Waals surface area (Å²) in [4.78, 5) is 17.0. The van der Waals surface area contributed by atoms with Gasteiger partial charge in [-0.3, -0.25) is 0 Å². The van der Waals surface area contributed by atoms with E-state index in [-0.39, 0.29) is 11.7 Å². The molecular formula is C37H37NO4. The van der Waals surface area contributed by atoms with E-state index in [1.807, 2.05) is 48.5 Å². The van der Waals surface area contributed by atoms with Gasteiger partial charge < -0.3 is 14.6 Å². The number of carbonyl (C=O) groups excluding carboxylic acids is 1. The topological polar surface area (TPSA) is 68.7 Å². The second-order valence-corrected chi connectivity index (χ2v) is 10.5. The van der Waals surface area contributed by atoms with Crippen molar-refractivity contribution in [2.45, 2.75) is 44.9 Å². The summed E-state index contributed by atoms with van der Waals surface area (Å²) in [6, 6.07) is 30.9. The fraction of sp³-hybridized carbons (Fsp3) is 0.243. The Morgan fingerprint density at radius 2 is 1.36 bits per heavy atom. The zero-order chi connectivity index (χ0) is 29.0. The van der Waals surface area contributed by atoms with E-state index in [9.17, 15) is 9.90 Å². The normalized spacial score (nSPS) is 11.3. The molecule has 4 aromatic carbocycles. The molecule has 0 aliphatic rings.